The van der Waals surface area contributed by atoms with Crippen molar-refractivity contribution in [2.75, 3.05) is 6.61 Å². The van der Waals surface area contributed by atoms with E-state index in [-0.39, 0.29) is 6.61 Å². The summed E-state index contributed by atoms with van der Waals surface area (Å²) in [6.07, 6.45) is 2.81. The first kappa shape index (κ1) is 6.15. The molecule has 2 heterocycles. The van der Waals surface area contributed by atoms with Crippen molar-refractivity contribution >= 4 is 11.9 Å². The first-order valence-corrected chi connectivity index (χ1v) is 3.07. The molecule has 0 aromatic heterocycles. The molecule has 0 aromatic rings. The molecule has 56 valence electrons. The van der Waals surface area contributed by atoms with E-state index in [1.54, 1.807) is 0 Å². The van der Waals surface area contributed by atoms with E-state index in [4.69, 9.17) is 4.74 Å². The third-order valence-corrected chi connectivity index (χ3v) is 1.54. The van der Waals surface area contributed by atoms with Crippen LogP contribution in [0.5, 0.6) is 0 Å². The molecule has 0 aromatic carbocycles. The van der Waals surface area contributed by atoms with Gasteiger partial charge in [0.15, 0.2) is 0 Å². The molecule has 0 unspecified atom stereocenters. The van der Waals surface area contributed by atoms with Crippen molar-refractivity contribution < 1.29 is 19.1 Å². The van der Waals surface area contributed by atoms with Crippen molar-refractivity contribution in [1.29, 1.82) is 0 Å². The minimum atomic E-state index is -0.589. The lowest BCUT2D eigenvalue weighted by Gasteiger charge is -2.03. The SMILES string of the molecule is O=C1OC(=O)C2=C1C=COC2. The van der Waals surface area contributed by atoms with Crippen LogP contribution in [0.25, 0.3) is 0 Å². The van der Waals surface area contributed by atoms with Crippen LogP contribution in [0.3, 0.4) is 0 Å². The van der Waals surface area contributed by atoms with E-state index in [1.165, 1.54) is 12.3 Å². The summed E-state index contributed by atoms with van der Waals surface area (Å²) in [6.45, 7) is 0.135. The standard InChI is InChI=1S/C7H4O4/c8-6-4-1-2-10-3-5(4)7(9)11-6/h1-2H,3H2. The lowest BCUT2D eigenvalue weighted by atomic mass is 10.1. The first-order valence-electron chi connectivity index (χ1n) is 3.07. The van der Waals surface area contributed by atoms with Gasteiger partial charge in [0.1, 0.15) is 6.61 Å². The van der Waals surface area contributed by atoms with E-state index in [9.17, 15) is 9.59 Å². The highest BCUT2D eigenvalue weighted by Gasteiger charge is 2.32. The maximum atomic E-state index is 10.8. The Morgan fingerprint density at radius 2 is 2.09 bits per heavy atom. The molecule has 0 atom stereocenters. The zero-order valence-electron chi connectivity index (χ0n) is 5.49. The molecular formula is C7H4O4. The number of hydrogen-bond acceptors (Lipinski definition) is 4. The van der Waals surface area contributed by atoms with E-state index in [0.717, 1.165) is 0 Å². The summed E-state index contributed by atoms with van der Waals surface area (Å²) in [5, 5.41) is 0. The maximum Gasteiger partial charge on any atom is 0.346 e. The molecule has 0 spiro atoms. The van der Waals surface area contributed by atoms with Crippen LogP contribution in [0.2, 0.25) is 0 Å². The Bertz CT molecular complexity index is 298. The van der Waals surface area contributed by atoms with Gasteiger partial charge in [0.05, 0.1) is 17.4 Å². The number of carbonyl (C=O) groups excluding carboxylic acids is 2. The molecule has 4 nitrogen and oxygen atoms in total. The van der Waals surface area contributed by atoms with Crippen LogP contribution >= 0.6 is 0 Å². The topological polar surface area (TPSA) is 52.6 Å². The van der Waals surface area contributed by atoms with Crippen LogP contribution < -0.4 is 0 Å². The molecule has 2 aliphatic heterocycles. The molecule has 2 rings (SSSR count). The number of carbonyl (C=O) groups is 2. The van der Waals surface area contributed by atoms with Gasteiger partial charge in [-0.05, 0) is 6.08 Å². The van der Waals surface area contributed by atoms with Gasteiger partial charge in [-0.25, -0.2) is 9.59 Å². The molecule has 4 heteroatoms. The van der Waals surface area contributed by atoms with Crippen LogP contribution in [0, 0.1) is 0 Å². The highest BCUT2D eigenvalue weighted by Crippen LogP contribution is 2.21. The second kappa shape index (κ2) is 1.95. The Labute approximate surface area is 62.1 Å². The predicted octanol–water partition coefficient (Wildman–Crippen LogP) is -0.0897. The molecule has 0 aliphatic carbocycles. The van der Waals surface area contributed by atoms with E-state index < -0.39 is 11.9 Å². The van der Waals surface area contributed by atoms with Crippen LogP contribution in [0.1, 0.15) is 0 Å². The summed E-state index contributed by atoms with van der Waals surface area (Å²) in [7, 11) is 0. The minimum Gasteiger partial charge on any atom is -0.496 e. The van der Waals surface area contributed by atoms with E-state index in [0.29, 0.717) is 11.1 Å². The minimum absolute atomic E-state index is 0.135. The first-order chi connectivity index (χ1) is 5.29. The highest BCUT2D eigenvalue weighted by molar-refractivity contribution is 6.14. The predicted molar refractivity (Wildman–Crippen MR) is 33.2 cm³/mol. The Balaban J connectivity index is 2.49. The van der Waals surface area contributed by atoms with Gasteiger partial charge in [-0.1, -0.05) is 0 Å². The van der Waals surface area contributed by atoms with Gasteiger partial charge in [0, 0.05) is 0 Å². The maximum absolute atomic E-state index is 10.8. The number of rotatable bonds is 0. The normalized spacial score (nSPS) is 21.5. The van der Waals surface area contributed by atoms with Crippen molar-refractivity contribution in [1.82, 2.24) is 0 Å². The van der Waals surface area contributed by atoms with Crippen molar-refractivity contribution in [3.8, 4) is 0 Å². The van der Waals surface area contributed by atoms with Gasteiger partial charge in [-0.2, -0.15) is 0 Å². The average molecular weight is 152 g/mol. The van der Waals surface area contributed by atoms with Crippen molar-refractivity contribution in [3.05, 3.63) is 23.5 Å². The Kier molecular flexibility index (Phi) is 1.09. The van der Waals surface area contributed by atoms with Gasteiger partial charge < -0.3 is 9.47 Å². The summed E-state index contributed by atoms with van der Waals surface area (Å²) < 4.78 is 9.14. The zero-order valence-corrected chi connectivity index (χ0v) is 5.49. The third-order valence-electron chi connectivity index (χ3n) is 1.54. The van der Waals surface area contributed by atoms with Gasteiger partial charge in [-0.15, -0.1) is 0 Å². The van der Waals surface area contributed by atoms with Crippen LogP contribution in [0.15, 0.2) is 23.5 Å². The number of esters is 2. The van der Waals surface area contributed by atoms with E-state index >= 15 is 0 Å². The Morgan fingerprint density at radius 3 is 2.82 bits per heavy atom. The van der Waals surface area contributed by atoms with E-state index in [1.807, 2.05) is 0 Å². The molecule has 11 heavy (non-hydrogen) atoms. The highest BCUT2D eigenvalue weighted by atomic mass is 16.6. The fraction of sp³-hybridized carbons (Fsp3) is 0.143. The number of hydrogen-bond donors (Lipinski definition) is 0. The lowest BCUT2D eigenvalue weighted by Crippen LogP contribution is -2.06. The van der Waals surface area contributed by atoms with Gasteiger partial charge in [0.25, 0.3) is 0 Å². The van der Waals surface area contributed by atoms with Gasteiger partial charge in [0.2, 0.25) is 0 Å². The molecule has 0 bridgehead atoms. The Morgan fingerprint density at radius 1 is 1.27 bits per heavy atom. The van der Waals surface area contributed by atoms with Crippen LogP contribution in [-0.2, 0) is 19.1 Å². The van der Waals surface area contributed by atoms with Gasteiger partial charge >= 0.3 is 11.9 Å². The fourth-order valence-corrected chi connectivity index (χ4v) is 0.987. The Hall–Kier alpha value is -1.58. The van der Waals surface area contributed by atoms with Gasteiger partial charge in [-0.3, -0.25) is 0 Å². The monoisotopic (exact) mass is 152 g/mol. The third kappa shape index (κ3) is 0.756. The molecule has 0 saturated carbocycles. The van der Waals surface area contributed by atoms with Crippen molar-refractivity contribution in [2.45, 2.75) is 0 Å². The molecule has 0 amide bonds. The number of cyclic esters (lactones) is 2. The molecule has 0 saturated heterocycles. The summed E-state index contributed by atoms with van der Waals surface area (Å²) in [4.78, 5) is 21.6. The molecule has 0 radical (unpaired) electrons. The average Bonchev–Trinajstić information content (AvgIpc) is 2.30. The fourth-order valence-electron chi connectivity index (χ4n) is 0.987. The molecule has 0 N–H and O–H groups in total. The second-order valence-electron chi connectivity index (χ2n) is 2.18. The van der Waals surface area contributed by atoms with E-state index in [2.05, 4.69) is 4.74 Å². The summed E-state index contributed by atoms with van der Waals surface area (Å²) in [5.41, 5.74) is 0.638. The summed E-state index contributed by atoms with van der Waals surface area (Å²) >= 11 is 0. The van der Waals surface area contributed by atoms with Crippen LogP contribution in [-0.4, -0.2) is 18.5 Å². The molecular weight excluding hydrogens is 148 g/mol. The zero-order chi connectivity index (χ0) is 7.84. The smallest absolute Gasteiger partial charge is 0.346 e. The summed E-state index contributed by atoms with van der Waals surface area (Å²) in [6, 6.07) is 0. The second-order valence-corrected chi connectivity index (χ2v) is 2.18. The quantitative estimate of drug-likeness (QED) is 0.359. The number of ether oxygens (including phenoxy) is 2. The van der Waals surface area contributed by atoms with Crippen LogP contribution in [0.4, 0.5) is 0 Å². The summed E-state index contributed by atoms with van der Waals surface area (Å²) in [5.74, 6) is -1.17. The largest absolute Gasteiger partial charge is 0.496 e. The molecule has 0 fully saturated rings. The molecule has 2 aliphatic rings. The van der Waals surface area contributed by atoms with Crippen molar-refractivity contribution in [2.24, 2.45) is 0 Å². The lowest BCUT2D eigenvalue weighted by molar-refractivity contribution is -0.151. The van der Waals surface area contributed by atoms with Crippen molar-refractivity contribution in [3.63, 3.8) is 0 Å².